The predicted octanol–water partition coefficient (Wildman–Crippen LogP) is 3.24. The van der Waals surface area contributed by atoms with Crippen molar-refractivity contribution in [3.8, 4) is 0 Å². The number of anilines is 1. The topological polar surface area (TPSA) is 86.7 Å². The molecule has 1 saturated heterocycles. The second-order valence-electron chi connectivity index (χ2n) is 6.86. The third-order valence-corrected chi connectivity index (χ3v) is 5.01. The van der Waals surface area contributed by atoms with E-state index in [1.165, 1.54) is 6.07 Å². The van der Waals surface area contributed by atoms with Crippen LogP contribution in [0.1, 0.15) is 40.9 Å². The normalized spacial score (nSPS) is 17.6. The molecular formula is C21H22N2O4. The Hall–Kier alpha value is -3.15. The first-order valence-electron chi connectivity index (χ1n) is 8.86. The minimum Gasteiger partial charge on any atom is -0.478 e. The summed E-state index contributed by atoms with van der Waals surface area (Å²) in [6.45, 7) is 4.00. The van der Waals surface area contributed by atoms with Gasteiger partial charge >= 0.3 is 5.97 Å². The molecule has 0 spiro atoms. The van der Waals surface area contributed by atoms with Crippen LogP contribution < -0.4 is 5.32 Å². The third kappa shape index (κ3) is 4.00. The van der Waals surface area contributed by atoms with Crippen molar-refractivity contribution in [1.82, 2.24) is 4.90 Å². The van der Waals surface area contributed by atoms with Gasteiger partial charge in [-0.3, -0.25) is 9.59 Å². The molecule has 2 atom stereocenters. The highest BCUT2D eigenvalue weighted by molar-refractivity contribution is 5.98. The first kappa shape index (κ1) is 18.6. The monoisotopic (exact) mass is 366 g/mol. The number of aromatic carboxylic acids is 1. The van der Waals surface area contributed by atoms with E-state index < -0.39 is 11.9 Å². The SMILES string of the molecule is Cc1ccc(NC(=O)[C@H]2CC(=O)N([C@H](C)c3ccccc3)C2)cc1C(=O)O. The molecule has 2 N–H and O–H groups in total. The van der Waals surface area contributed by atoms with E-state index in [1.54, 1.807) is 24.0 Å². The van der Waals surface area contributed by atoms with Gasteiger partial charge in [0.1, 0.15) is 0 Å². The quantitative estimate of drug-likeness (QED) is 0.850. The fraction of sp³-hybridized carbons (Fsp3) is 0.286. The Morgan fingerprint density at radius 1 is 1.19 bits per heavy atom. The summed E-state index contributed by atoms with van der Waals surface area (Å²) in [6, 6.07) is 14.4. The summed E-state index contributed by atoms with van der Waals surface area (Å²) in [7, 11) is 0. The highest BCUT2D eigenvalue weighted by Gasteiger charge is 2.37. The van der Waals surface area contributed by atoms with Gasteiger partial charge < -0.3 is 15.3 Å². The van der Waals surface area contributed by atoms with Gasteiger partial charge in [-0.1, -0.05) is 36.4 Å². The van der Waals surface area contributed by atoms with Crippen molar-refractivity contribution in [3.63, 3.8) is 0 Å². The molecule has 140 valence electrons. The van der Waals surface area contributed by atoms with Crippen molar-refractivity contribution < 1.29 is 19.5 Å². The van der Waals surface area contributed by atoms with E-state index >= 15 is 0 Å². The van der Waals surface area contributed by atoms with Crippen LogP contribution >= 0.6 is 0 Å². The van der Waals surface area contributed by atoms with Crippen LogP contribution in [-0.2, 0) is 9.59 Å². The first-order valence-corrected chi connectivity index (χ1v) is 8.86. The molecule has 0 unspecified atom stereocenters. The van der Waals surface area contributed by atoms with E-state index in [4.69, 9.17) is 0 Å². The molecule has 2 aromatic carbocycles. The van der Waals surface area contributed by atoms with Gasteiger partial charge in [0, 0.05) is 18.7 Å². The molecule has 1 fully saturated rings. The Bertz CT molecular complexity index is 879. The molecular weight excluding hydrogens is 344 g/mol. The maximum absolute atomic E-state index is 12.6. The van der Waals surface area contributed by atoms with E-state index in [1.807, 2.05) is 37.3 Å². The van der Waals surface area contributed by atoms with Crippen LogP contribution in [0.5, 0.6) is 0 Å². The van der Waals surface area contributed by atoms with E-state index in [-0.39, 0.29) is 29.8 Å². The Morgan fingerprint density at radius 3 is 2.56 bits per heavy atom. The minimum atomic E-state index is -1.04. The number of nitrogens with one attached hydrogen (secondary N) is 1. The highest BCUT2D eigenvalue weighted by Crippen LogP contribution is 2.29. The molecule has 6 heteroatoms. The van der Waals surface area contributed by atoms with Crippen molar-refractivity contribution in [2.75, 3.05) is 11.9 Å². The second-order valence-corrected chi connectivity index (χ2v) is 6.86. The van der Waals surface area contributed by atoms with Crippen LogP contribution in [0.15, 0.2) is 48.5 Å². The molecule has 6 nitrogen and oxygen atoms in total. The molecule has 0 saturated carbocycles. The molecule has 0 aromatic heterocycles. The molecule has 2 aromatic rings. The summed E-state index contributed by atoms with van der Waals surface area (Å²) in [5, 5.41) is 12.0. The number of nitrogens with zero attached hydrogens (tertiary/aromatic N) is 1. The van der Waals surface area contributed by atoms with Crippen LogP contribution in [0.25, 0.3) is 0 Å². The smallest absolute Gasteiger partial charge is 0.336 e. The standard InChI is InChI=1S/C21H22N2O4/c1-13-8-9-17(11-18(13)21(26)27)22-20(25)16-10-19(24)23(12-16)14(2)15-6-4-3-5-7-15/h3-9,11,14,16H,10,12H2,1-2H3,(H,22,25)(H,26,27)/t14-,16+/m1/s1. The van der Waals surface area contributed by atoms with Crippen molar-refractivity contribution in [2.24, 2.45) is 5.92 Å². The zero-order valence-corrected chi connectivity index (χ0v) is 15.3. The molecule has 3 rings (SSSR count). The average Bonchev–Trinajstić information content (AvgIpc) is 3.05. The lowest BCUT2D eigenvalue weighted by molar-refractivity contribution is -0.129. The van der Waals surface area contributed by atoms with Gasteiger partial charge in [-0.15, -0.1) is 0 Å². The largest absolute Gasteiger partial charge is 0.478 e. The molecule has 1 heterocycles. The minimum absolute atomic E-state index is 0.0540. The molecule has 0 bridgehead atoms. The Morgan fingerprint density at radius 2 is 1.89 bits per heavy atom. The van der Waals surface area contributed by atoms with Crippen molar-refractivity contribution in [2.45, 2.75) is 26.3 Å². The summed E-state index contributed by atoms with van der Waals surface area (Å²) in [6.07, 6.45) is 0.153. The van der Waals surface area contributed by atoms with Crippen LogP contribution in [0.3, 0.4) is 0 Å². The molecule has 0 radical (unpaired) electrons. The number of carbonyl (C=O) groups excluding carboxylic acids is 2. The first-order chi connectivity index (χ1) is 12.9. The molecule has 0 aliphatic carbocycles. The number of benzene rings is 2. The maximum Gasteiger partial charge on any atom is 0.336 e. The van der Waals surface area contributed by atoms with Crippen LogP contribution in [0, 0.1) is 12.8 Å². The van der Waals surface area contributed by atoms with Crippen LogP contribution in [0.2, 0.25) is 0 Å². The Labute approximate surface area is 157 Å². The summed E-state index contributed by atoms with van der Waals surface area (Å²) in [5.41, 5.74) is 2.22. The highest BCUT2D eigenvalue weighted by atomic mass is 16.4. The second kappa shape index (κ2) is 7.61. The summed E-state index contributed by atoms with van der Waals surface area (Å²) >= 11 is 0. The number of rotatable bonds is 5. The summed E-state index contributed by atoms with van der Waals surface area (Å²) in [4.78, 5) is 38.0. The molecule has 1 aliphatic rings. The van der Waals surface area contributed by atoms with Crippen LogP contribution in [0.4, 0.5) is 5.69 Å². The summed E-state index contributed by atoms with van der Waals surface area (Å²) in [5.74, 6) is -1.83. The lowest BCUT2D eigenvalue weighted by Gasteiger charge is -2.25. The van der Waals surface area contributed by atoms with Crippen molar-refractivity contribution in [1.29, 1.82) is 0 Å². The lowest BCUT2D eigenvalue weighted by atomic mass is 10.1. The van der Waals surface area contributed by atoms with Crippen LogP contribution in [-0.4, -0.2) is 34.3 Å². The van der Waals surface area contributed by atoms with Crippen molar-refractivity contribution in [3.05, 3.63) is 65.2 Å². The number of carboxylic acid groups (broad SMARTS) is 1. The molecule has 2 amide bonds. The number of hydrogen-bond donors (Lipinski definition) is 2. The zero-order chi connectivity index (χ0) is 19.6. The van der Waals surface area contributed by atoms with Gasteiger partial charge in [-0.2, -0.15) is 0 Å². The molecule has 1 aliphatic heterocycles. The van der Waals surface area contributed by atoms with E-state index in [0.29, 0.717) is 17.8 Å². The number of aryl methyl sites for hydroxylation is 1. The fourth-order valence-electron chi connectivity index (χ4n) is 3.37. The number of hydrogen-bond acceptors (Lipinski definition) is 3. The average molecular weight is 366 g/mol. The van der Waals surface area contributed by atoms with Gasteiger partial charge in [0.25, 0.3) is 0 Å². The summed E-state index contributed by atoms with van der Waals surface area (Å²) < 4.78 is 0. The fourth-order valence-corrected chi connectivity index (χ4v) is 3.37. The molecule has 27 heavy (non-hydrogen) atoms. The predicted molar refractivity (Wildman–Crippen MR) is 101 cm³/mol. The number of amides is 2. The van der Waals surface area contributed by atoms with Gasteiger partial charge in [-0.05, 0) is 37.1 Å². The Kier molecular flexibility index (Phi) is 5.26. The van der Waals surface area contributed by atoms with Gasteiger partial charge in [0.2, 0.25) is 11.8 Å². The van der Waals surface area contributed by atoms with E-state index in [9.17, 15) is 19.5 Å². The third-order valence-electron chi connectivity index (χ3n) is 5.01. The number of likely N-dealkylation sites (tertiary alicyclic amines) is 1. The lowest BCUT2D eigenvalue weighted by Crippen LogP contribution is -2.30. The van der Waals surface area contributed by atoms with Gasteiger partial charge in [-0.25, -0.2) is 4.79 Å². The van der Waals surface area contributed by atoms with Crippen molar-refractivity contribution >= 4 is 23.5 Å². The van der Waals surface area contributed by atoms with E-state index in [0.717, 1.165) is 5.56 Å². The number of carbonyl (C=O) groups is 3. The van der Waals surface area contributed by atoms with Gasteiger partial charge in [0.15, 0.2) is 0 Å². The van der Waals surface area contributed by atoms with E-state index in [2.05, 4.69) is 5.32 Å². The Balaban J connectivity index is 1.69. The zero-order valence-electron chi connectivity index (χ0n) is 15.3. The number of carboxylic acids is 1. The van der Waals surface area contributed by atoms with Gasteiger partial charge in [0.05, 0.1) is 17.5 Å². The maximum atomic E-state index is 12.6.